The van der Waals surface area contributed by atoms with Crippen molar-refractivity contribution in [2.75, 3.05) is 5.32 Å². The van der Waals surface area contributed by atoms with Gasteiger partial charge >= 0.3 is 0 Å². The number of halogens is 3. The third kappa shape index (κ3) is 2.48. The number of rotatable bonds is 0. The molecule has 1 spiro atoms. The number of carbonyl (C=O) groups is 1. The molecular weight excluding hydrogens is 508 g/mol. The quantitative estimate of drug-likeness (QED) is 0.456. The van der Waals surface area contributed by atoms with Crippen molar-refractivity contribution in [1.82, 2.24) is 14.9 Å². The van der Waals surface area contributed by atoms with Gasteiger partial charge in [0.05, 0.1) is 11.4 Å². The molecule has 1 saturated heterocycles. The first kappa shape index (κ1) is 18.7. The molecule has 2 aromatic rings. The smallest absolute Gasteiger partial charge is 0.229 e. The molecule has 1 amide bonds. The van der Waals surface area contributed by atoms with Gasteiger partial charge in [-0.3, -0.25) is 9.69 Å². The minimum absolute atomic E-state index is 0.0564. The lowest BCUT2D eigenvalue weighted by Crippen LogP contribution is -2.52. The van der Waals surface area contributed by atoms with Gasteiger partial charge in [-0.25, -0.2) is 4.98 Å². The number of H-pyrrole nitrogens is 1. The number of alkyl halides is 1. The summed E-state index contributed by atoms with van der Waals surface area (Å²) in [7, 11) is 0. The Morgan fingerprint density at radius 2 is 2.11 bits per heavy atom. The van der Waals surface area contributed by atoms with Crippen molar-refractivity contribution in [2.24, 2.45) is 0 Å². The van der Waals surface area contributed by atoms with E-state index < -0.39 is 5.66 Å². The summed E-state index contributed by atoms with van der Waals surface area (Å²) in [6.07, 6.45) is 4.86. The summed E-state index contributed by atoms with van der Waals surface area (Å²) in [6.45, 7) is 4.25. The zero-order chi connectivity index (χ0) is 19.8. The van der Waals surface area contributed by atoms with E-state index in [1.165, 1.54) is 5.56 Å². The average molecular weight is 527 g/mol. The molecule has 28 heavy (non-hydrogen) atoms. The second-order valence-electron chi connectivity index (χ2n) is 8.30. The van der Waals surface area contributed by atoms with Gasteiger partial charge in [0.2, 0.25) is 5.91 Å². The van der Waals surface area contributed by atoms with Gasteiger partial charge in [0.15, 0.2) is 4.73 Å². The summed E-state index contributed by atoms with van der Waals surface area (Å²) in [6, 6.07) is 6.22. The van der Waals surface area contributed by atoms with Crippen LogP contribution in [0, 0.1) is 0 Å². The molecule has 4 heterocycles. The van der Waals surface area contributed by atoms with Crippen molar-refractivity contribution in [3.8, 4) is 0 Å². The van der Waals surface area contributed by atoms with Crippen molar-refractivity contribution in [2.45, 2.75) is 49.1 Å². The predicted octanol–water partition coefficient (Wildman–Crippen LogP) is 5.33. The van der Waals surface area contributed by atoms with Crippen LogP contribution in [0.1, 0.15) is 49.6 Å². The fourth-order valence-corrected chi connectivity index (χ4v) is 5.92. The summed E-state index contributed by atoms with van der Waals surface area (Å²) in [5, 5.41) is 3.45. The molecular formula is C20H19Br2ClN4O. The molecule has 1 aromatic heterocycles. The Morgan fingerprint density at radius 1 is 1.32 bits per heavy atom. The molecule has 0 aliphatic carbocycles. The van der Waals surface area contributed by atoms with E-state index in [0.29, 0.717) is 17.6 Å². The molecule has 1 aromatic carbocycles. The number of imidazole rings is 1. The molecule has 0 saturated carbocycles. The summed E-state index contributed by atoms with van der Waals surface area (Å²) < 4.78 is 1.68. The van der Waals surface area contributed by atoms with Crippen LogP contribution in [-0.2, 0) is 10.2 Å². The predicted molar refractivity (Wildman–Crippen MR) is 117 cm³/mol. The van der Waals surface area contributed by atoms with Gasteiger partial charge in [0.1, 0.15) is 5.66 Å². The second-order valence-corrected chi connectivity index (χ2v) is 10.5. The van der Waals surface area contributed by atoms with E-state index in [4.69, 9.17) is 11.6 Å². The highest BCUT2D eigenvalue weighted by atomic mass is 79.9. The highest BCUT2D eigenvalue weighted by molar-refractivity contribution is 9.10. The Labute approximate surface area is 185 Å². The highest BCUT2D eigenvalue weighted by Gasteiger charge is 2.59. The summed E-state index contributed by atoms with van der Waals surface area (Å²) in [5.41, 5.74) is 3.07. The number of aromatic amines is 1. The van der Waals surface area contributed by atoms with Gasteiger partial charge in [-0.2, -0.15) is 0 Å². The van der Waals surface area contributed by atoms with Gasteiger partial charge in [0, 0.05) is 45.9 Å². The fourth-order valence-electron chi connectivity index (χ4n) is 4.83. The third-order valence-electron chi connectivity index (χ3n) is 6.40. The number of fused-ring (bicyclic) bond motifs is 3. The topological polar surface area (TPSA) is 61.0 Å². The maximum Gasteiger partial charge on any atom is 0.229 e. The van der Waals surface area contributed by atoms with Gasteiger partial charge in [0.25, 0.3) is 0 Å². The molecule has 5 nitrogen and oxygen atoms in total. The Hall–Kier alpha value is -1.31. The number of nitrogens with zero attached hydrogens (tertiary/aromatic N) is 2. The van der Waals surface area contributed by atoms with E-state index in [-0.39, 0.29) is 22.6 Å². The number of aromatic nitrogens is 2. The number of hydrogen-bond acceptors (Lipinski definition) is 3. The highest BCUT2D eigenvalue weighted by Crippen LogP contribution is 2.56. The number of hydrogen-bond donors (Lipinski definition) is 2. The zero-order valence-corrected chi connectivity index (χ0v) is 19.3. The van der Waals surface area contributed by atoms with Crippen LogP contribution in [0.15, 0.2) is 33.6 Å². The van der Waals surface area contributed by atoms with Crippen molar-refractivity contribution in [1.29, 1.82) is 0 Å². The van der Waals surface area contributed by atoms with Gasteiger partial charge in [-0.1, -0.05) is 35.8 Å². The van der Waals surface area contributed by atoms with E-state index >= 15 is 0 Å². The minimum atomic E-state index is -0.568. The standard InChI is InChI=1S/C20H19Br2ClN4O/c1-19(2)15(23)9-20-12(11-4-3-10(21)7-14(11)26-20)8-16(28)27(20)6-5-13-17(19)25-18(22)24-13/h3-7,12,15,26H,8-9H2,1-2H3,(H,24,25)/b6-5-/t12-,15-,20-/m0/s1. The maximum atomic E-state index is 13.0. The third-order valence-corrected chi connectivity index (χ3v) is 7.97. The van der Waals surface area contributed by atoms with Gasteiger partial charge < -0.3 is 10.3 Å². The SMILES string of the molecule is CC1(C)c2[nH]c(Br)nc2/C=C\N2C(=O)C[C@H]3c4ccc(Br)cc4N[C@]32C[C@@H]1Cl. The zero-order valence-electron chi connectivity index (χ0n) is 15.4. The summed E-state index contributed by atoms with van der Waals surface area (Å²) in [4.78, 5) is 22.7. The first-order chi connectivity index (χ1) is 13.2. The average Bonchev–Trinajstić information content (AvgIpc) is 3.21. The fraction of sp³-hybridized carbons (Fsp3) is 0.400. The molecule has 5 rings (SSSR count). The second kappa shape index (κ2) is 6.09. The van der Waals surface area contributed by atoms with Crippen LogP contribution in [-0.4, -0.2) is 31.8 Å². The van der Waals surface area contributed by atoms with Crippen LogP contribution in [0.25, 0.3) is 6.08 Å². The van der Waals surface area contributed by atoms with Crippen molar-refractivity contribution >= 4 is 61.1 Å². The normalized spacial score (nSPS) is 31.0. The summed E-state index contributed by atoms with van der Waals surface area (Å²) >= 11 is 14.1. The first-order valence-corrected chi connectivity index (χ1v) is 11.2. The molecule has 0 radical (unpaired) electrons. The van der Waals surface area contributed by atoms with E-state index in [1.54, 1.807) is 0 Å². The minimum Gasteiger partial charge on any atom is -0.362 e. The lowest BCUT2D eigenvalue weighted by Gasteiger charge is -2.41. The van der Waals surface area contributed by atoms with Crippen LogP contribution in [0.5, 0.6) is 0 Å². The van der Waals surface area contributed by atoms with E-state index in [2.05, 4.69) is 73.1 Å². The van der Waals surface area contributed by atoms with Crippen LogP contribution >= 0.6 is 43.5 Å². The summed E-state index contributed by atoms with van der Waals surface area (Å²) in [5.74, 6) is 0.156. The van der Waals surface area contributed by atoms with Crippen molar-refractivity contribution < 1.29 is 4.79 Å². The Kier molecular flexibility index (Phi) is 4.07. The molecule has 0 bridgehead atoms. The Bertz CT molecular complexity index is 1030. The van der Waals surface area contributed by atoms with E-state index in [9.17, 15) is 4.79 Å². The monoisotopic (exact) mass is 524 g/mol. The van der Waals surface area contributed by atoms with E-state index in [0.717, 1.165) is 21.5 Å². The van der Waals surface area contributed by atoms with Gasteiger partial charge in [-0.15, -0.1) is 11.6 Å². The number of nitrogens with one attached hydrogen (secondary N) is 2. The lowest BCUT2D eigenvalue weighted by atomic mass is 9.78. The molecule has 0 unspecified atom stereocenters. The van der Waals surface area contributed by atoms with E-state index in [1.807, 2.05) is 23.2 Å². The molecule has 1 fully saturated rings. The van der Waals surface area contributed by atoms with Crippen molar-refractivity contribution in [3.63, 3.8) is 0 Å². The van der Waals surface area contributed by atoms with Crippen LogP contribution < -0.4 is 5.32 Å². The van der Waals surface area contributed by atoms with Crippen molar-refractivity contribution in [3.05, 3.63) is 50.6 Å². The first-order valence-electron chi connectivity index (χ1n) is 9.20. The van der Waals surface area contributed by atoms with Crippen LogP contribution in [0.4, 0.5) is 5.69 Å². The van der Waals surface area contributed by atoms with Crippen LogP contribution in [0.3, 0.4) is 0 Å². The number of amides is 1. The van der Waals surface area contributed by atoms with Gasteiger partial charge in [-0.05, 0) is 39.7 Å². The number of benzene rings is 1. The number of anilines is 1. The van der Waals surface area contributed by atoms with Crippen LogP contribution in [0.2, 0.25) is 0 Å². The Balaban J connectivity index is 1.68. The molecule has 3 aliphatic rings. The molecule has 146 valence electrons. The Morgan fingerprint density at radius 3 is 2.89 bits per heavy atom. The lowest BCUT2D eigenvalue weighted by molar-refractivity contribution is -0.127. The molecule has 2 N–H and O–H groups in total. The molecule has 3 aliphatic heterocycles. The maximum absolute atomic E-state index is 13.0. The molecule has 3 atom stereocenters. The molecule has 8 heteroatoms. The number of carbonyl (C=O) groups excluding carboxylic acids is 1. The largest absolute Gasteiger partial charge is 0.362 e.